The number of fused-ring (bicyclic) bond motifs is 1. The topological polar surface area (TPSA) is 26.3 Å². The first-order valence-electron chi connectivity index (χ1n) is 7.02. The third kappa shape index (κ3) is 2.92. The van der Waals surface area contributed by atoms with Gasteiger partial charge in [-0.25, -0.2) is 0 Å². The van der Waals surface area contributed by atoms with Gasteiger partial charge < -0.3 is 4.74 Å². The Labute approximate surface area is 109 Å². The fraction of sp³-hybridized carbons (Fsp3) is 0.562. The Balaban J connectivity index is 2.18. The monoisotopic (exact) mass is 246 g/mol. The molecule has 98 valence electrons. The predicted octanol–water partition coefficient (Wildman–Crippen LogP) is 3.62. The van der Waals surface area contributed by atoms with Crippen LogP contribution in [0, 0.1) is 0 Å². The lowest BCUT2D eigenvalue weighted by Gasteiger charge is -2.25. The van der Waals surface area contributed by atoms with Gasteiger partial charge in [0.1, 0.15) is 0 Å². The lowest BCUT2D eigenvalue weighted by atomic mass is 9.80. The molecule has 1 unspecified atom stereocenters. The molecule has 0 aliphatic heterocycles. The van der Waals surface area contributed by atoms with Crippen molar-refractivity contribution >= 4 is 5.97 Å². The van der Waals surface area contributed by atoms with E-state index in [0.29, 0.717) is 18.9 Å². The summed E-state index contributed by atoms with van der Waals surface area (Å²) in [7, 11) is 0. The quantitative estimate of drug-likeness (QED) is 0.758. The SMILES string of the molecule is CCOC(=O)CC1CCCc2ccc(CC)cc21. The van der Waals surface area contributed by atoms with E-state index in [9.17, 15) is 4.79 Å². The Kier molecular flexibility index (Phi) is 4.40. The van der Waals surface area contributed by atoms with Crippen LogP contribution in [0.15, 0.2) is 18.2 Å². The highest BCUT2D eigenvalue weighted by Gasteiger charge is 2.23. The maximum atomic E-state index is 11.7. The fourth-order valence-corrected chi connectivity index (χ4v) is 2.80. The average Bonchev–Trinajstić information content (AvgIpc) is 2.39. The van der Waals surface area contributed by atoms with E-state index in [2.05, 4.69) is 25.1 Å². The van der Waals surface area contributed by atoms with Gasteiger partial charge in [-0.05, 0) is 55.2 Å². The van der Waals surface area contributed by atoms with Crippen molar-refractivity contribution in [3.63, 3.8) is 0 Å². The molecule has 1 aromatic rings. The summed E-state index contributed by atoms with van der Waals surface area (Å²) in [6.07, 6.45) is 5.04. The molecule has 1 aliphatic rings. The molecule has 0 amide bonds. The number of ether oxygens (including phenoxy) is 1. The van der Waals surface area contributed by atoms with Crippen molar-refractivity contribution in [1.82, 2.24) is 0 Å². The lowest BCUT2D eigenvalue weighted by Crippen LogP contribution is -2.15. The zero-order valence-corrected chi connectivity index (χ0v) is 11.4. The molecule has 0 saturated carbocycles. The first-order chi connectivity index (χ1) is 8.74. The highest BCUT2D eigenvalue weighted by atomic mass is 16.5. The number of hydrogen-bond donors (Lipinski definition) is 0. The number of hydrogen-bond acceptors (Lipinski definition) is 2. The summed E-state index contributed by atoms with van der Waals surface area (Å²) in [5, 5.41) is 0. The molecule has 0 spiro atoms. The number of esters is 1. The van der Waals surface area contributed by atoms with Crippen LogP contribution in [0.2, 0.25) is 0 Å². The molecule has 0 saturated heterocycles. The van der Waals surface area contributed by atoms with Gasteiger partial charge in [-0.3, -0.25) is 4.79 Å². The number of rotatable bonds is 4. The smallest absolute Gasteiger partial charge is 0.306 e. The van der Waals surface area contributed by atoms with Crippen LogP contribution in [0.25, 0.3) is 0 Å². The van der Waals surface area contributed by atoms with Crippen LogP contribution in [0.1, 0.15) is 55.7 Å². The van der Waals surface area contributed by atoms with Crippen molar-refractivity contribution in [1.29, 1.82) is 0 Å². The molecule has 2 heteroatoms. The Morgan fingerprint density at radius 2 is 2.22 bits per heavy atom. The molecular formula is C16H22O2. The van der Waals surface area contributed by atoms with E-state index in [1.807, 2.05) is 6.92 Å². The van der Waals surface area contributed by atoms with E-state index in [4.69, 9.17) is 4.74 Å². The standard InChI is InChI=1S/C16H22O2/c1-3-12-8-9-13-6-5-7-14(15(13)10-12)11-16(17)18-4-2/h8-10,14H,3-7,11H2,1-2H3. The van der Waals surface area contributed by atoms with Crippen LogP contribution in [0.3, 0.4) is 0 Å². The highest BCUT2D eigenvalue weighted by Crippen LogP contribution is 2.34. The molecular weight excluding hydrogens is 224 g/mol. The van der Waals surface area contributed by atoms with Crippen LogP contribution in [-0.2, 0) is 22.4 Å². The van der Waals surface area contributed by atoms with E-state index in [1.54, 1.807) is 0 Å². The minimum absolute atomic E-state index is 0.0581. The molecule has 0 radical (unpaired) electrons. The van der Waals surface area contributed by atoms with Gasteiger partial charge in [0.25, 0.3) is 0 Å². The molecule has 1 aliphatic carbocycles. The van der Waals surface area contributed by atoms with Gasteiger partial charge in [0.15, 0.2) is 0 Å². The van der Waals surface area contributed by atoms with E-state index in [0.717, 1.165) is 19.3 Å². The van der Waals surface area contributed by atoms with Gasteiger partial charge in [0.2, 0.25) is 0 Å². The third-order valence-corrected chi connectivity index (χ3v) is 3.78. The molecule has 1 aromatic carbocycles. The van der Waals surface area contributed by atoms with E-state index in [1.165, 1.54) is 23.1 Å². The second kappa shape index (κ2) is 6.03. The molecule has 2 rings (SSSR count). The molecule has 1 atom stereocenters. The van der Waals surface area contributed by atoms with Crippen molar-refractivity contribution in [2.75, 3.05) is 6.61 Å². The summed E-state index contributed by atoms with van der Waals surface area (Å²) < 4.78 is 5.08. The normalized spacial score (nSPS) is 18.2. The summed E-state index contributed by atoms with van der Waals surface area (Å²) in [4.78, 5) is 11.7. The van der Waals surface area contributed by atoms with Gasteiger partial charge in [-0.15, -0.1) is 0 Å². The van der Waals surface area contributed by atoms with Crippen LogP contribution in [-0.4, -0.2) is 12.6 Å². The van der Waals surface area contributed by atoms with Crippen LogP contribution < -0.4 is 0 Å². The summed E-state index contributed by atoms with van der Waals surface area (Å²) in [5.74, 6) is 0.302. The summed E-state index contributed by atoms with van der Waals surface area (Å²) >= 11 is 0. The van der Waals surface area contributed by atoms with Crippen molar-refractivity contribution < 1.29 is 9.53 Å². The molecule has 0 heterocycles. The van der Waals surface area contributed by atoms with E-state index < -0.39 is 0 Å². The number of carbonyl (C=O) groups is 1. The van der Waals surface area contributed by atoms with Gasteiger partial charge in [0, 0.05) is 0 Å². The van der Waals surface area contributed by atoms with E-state index in [-0.39, 0.29) is 5.97 Å². The molecule has 2 nitrogen and oxygen atoms in total. The number of benzene rings is 1. The fourth-order valence-electron chi connectivity index (χ4n) is 2.80. The largest absolute Gasteiger partial charge is 0.466 e. The zero-order chi connectivity index (χ0) is 13.0. The maximum Gasteiger partial charge on any atom is 0.306 e. The molecule has 0 aromatic heterocycles. The predicted molar refractivity (Wildman–Crippen MR) is 72.7 cm³/mol. The van der Waals surface area contributed by atoms with Gasteiger partial charge >= 0.3 is 5.97 Å². The Bertz CT molecular complexity index is 423. The first kappa shape index (κ1) is 13.1. The maximum absolute atomic E-state index is 11.7. The minimum Gasteiger partial charge on any atom is -0.466 e. The highest BCUT2D eigenvalue weighted by molar-refractivity contribution is 5.70. The van der Waals surface area contributed by atoms with Crippen LogP contribution >= 0.6 is 0 Å². The summed E-state index contributed by atoms with van der Waals surface area (Å²) in [6, 6.07) is 6.75. The van der Waals surface area contributed by atoms with Crippen molar-refractivity contribution in [2.24, 2.45) is 0 Å². The lowest BCUT2D eigenvalue weighted by molar-refractivity contribution is -0.143. The third-order valence-electron chi connectivity index (χ3n) is 3.78. The minimum atomic E-state index is -0.0581. The summed E-state index contributed by atoms with van der Waals surface area (Å²) in [6.45, 7) is 4.51. The van der Waals surface area contributed by atoms with Crippen molar-refractivity contribution in [3.05, 3.63) is 34.9 Å². The molecule has 0 N–H and O–H groups in total. The zero-order valence-electron chi connectivity index (χ0n) is 11.4. The first-order valence-corrected chi connectivity index (χ1v) is 7.02. The second-order valence-electron chi connectivity index (χ2n) is 4.99. The molecule has 18 heavy (non-hydrogen) atoms. The molecule has 0 fully saturated rings. The Morgan fingerprint density at radius 1 is 1.39 bits per heavy atom. The van der Waals surface area contributed by atoms with Gasteiger partial charge in [-0.1, -0.05) is 25.1 Å². The second-order valence-corrected chi connectivity index (χ2v) is 4.99. The number of carbonyl (C=O) groups excluding carboxylic acids is 1. The van der Waals surface area contributed by atoms with Gasteiger partial charge in [-0.2, -0.15) is 0 Å². The average molecular weight is 246 g/mol. The van der Waals surface area contributed by atoms with Crippen LogP contribution in [0.5, 0.6) is 0 Å². The Hall–Kier alpha value is -1.31. The Morgan fingerprint density at radius 3 is 2.94 bits per heavy atom. The number of aryl methyl sites for hydroxylation is 2. The molecule has 0 bridgehead atoms. The van der Waals surface area contributed by atoms with Crippen molar-refractivity contribution in [3.8, 4) is 0 Å². The van der Waals surface area contributed by atoms with Crippen LogP contribution in [0.4, 0.5) is 0 Å². The van der Waals surface area contributed by atoms with Gasteiger partial charge in [0.05, 0.1) is 13.0 Å². The summed E-state index contributed by atoms with van der Waals surface area (Å²) in [5.41, 5.74) is 4.17. The van der Waals surface area contributed by atoms with E-state index >= 15 is 0 Å². The van der Waals surface area contributed by atoms with Crippen molar-refractivity contribution in [2.45, 2.75) is 51.9 Å².